The third-order valence-corrected chi connectivity index (χ3v) is 3.02. The van der Waals surface area contributed by atoms with Gasteiger partial charge in [0.1, 0.15) is 3.70 Å². The molecule has 0 saturated heterocycles. The fraction of sp³-hybridized carbons (Fsp3) is 0.400. The molecule has 0 spiro atoms. The predicted octanol–water partition coefficient (Wildman–Crippen LogP) is 3.32. The first kappa shape index (κ1) is 17.8. The van der Waals surface area contributed by atoms with Gasteiger partial charge in [-0.25, -0.2) is 4.98 Å². The van der Waals surface area contributed by atoms with E-state index in [2.05, 4.69) is 14.5 Å². The molecule has 0 aliphatic heterocycles. The first-order chi connectivity index (χ1) is 9.44. The van der Waals surface area contributed by atoms with Gasteiger partial charge in [0, 0.05) is 11.6 Å². The highest BCUT2D eigenvalue weighted by Crippen LogP contribution is 2.36. The molecular weight excluding hydrogens is 423 g/mol. The molecule has 0 aromatic carbocycles. The Bertz CT molecular complexity index is 543. The van der Waals surface area contributed by atoms with Crippen LogP contribution in [0.2, 0.25) is 0 Å². The number of alkyl halides is 6. The summed E-state index contributed by atoms with van der Waals surface area (Å²) >= 11 is 1.29. The number of methoxy groups -OCH3 is 1. The zero-order valence-electron chi connectivity index (χ0n) is 10.1. The van der Waals surface area contributed by atoms with Gasteiger partial charge in [-0.05, 0) is 22.6 Å². The lowest BCUT2D eigenvalue weighted by atomic mass is 10.1. The number of carbonyl (C=O) groups is 1. The van der Waals surface area contributed by atoms with Crippen molar-refractivity contribution in [1.82, 2.24) is 4.98 Å². The average molecular weight is 429 g/mol. The van der Waals surface area contributed by atoms with Crippen LogP contribution in [0, 0.1) is 3.70 Å². The van der Waals surface area contributed by atoms with Gasteiger partial charge in [0.15, 0.2) is 0 Å². The van der Waals surface area contributed by atoms with Crippen molar-refractivity contribution in [3.05, 3.63) is 20.9 Å². The van der Waals surface area contributed by atoms with E-state index in [0.717, 1.165) is 7.11 Å². The average Bonchev–Trinajstić information content (AvgIpc) is 2.28. The van der Waals surface area contributed by atoms with Gasteiger partial charge in [0.05, 0.1) is 19.1 Å². The maximum absolute atomic E-state index is 12.9. The molecule has 118 valence electrons. The molecule has 1 rings (SSSR count). The minimum Gasteiger partial charge on any atom is -0.469 e. The van der Waals surface area contributed by atoms with E-state index in [4.69, 9.17) is 0 Å². The van der Waals surface area contributed by atoms with Crippen LogP contribution in [0.4, 0.5) is 26.3 Å². The fourth-order valence-corrected chi connectivity index (χ4v) is 2.05. The summed E-state index contributed by atoms with van der Waals surface area (Å²) < 4.78 is 81.9. The second kappa shape index (κ2) is 6.23. The van der Waals surface area contributed by atoms with Gasteiger partial charge in [-0.1, -0.05) is 0 Å². The molecule has 0 aliphatic rings. The fourth-order valence-electron chi connectivity index (χ4n) is 1.33. The monoisotopic (exact) mass is 429 g/mol. The molecule has 0 N–H and O–H groups in total. The van der Waals surface area contributed by atoms with Crippen molar-refractivity contribution in [2.75, 3.05) is 7.11 Å². The molecular formula is C10H6F6INO3. The van der Waals surface area contributed by atoms with Crippen molar-refractivity contribution in [2.45, 2.75) is 19.0 Å². The van der Waals surface area contributed by atoms with Crippen LogP contribution < -0.4 is 4.74 Å². The van der Waals surface area contributed by atoms with Crippen LogP contribution in [0.25, 0.3) is 0 Å². The summed E-state index contributed by atoms with van der Waals surface area (Å²) in [5.41, 5.74) is -2.02. The Kier molecular flexibility index (Phi) is 5.28. The first-order valence-corrected chi connectivity index (χ1v) is 6.11. The summed E-state index contributed by atoms with van der Waals surface area (Å²) in [7, 11) is 0.969. The van der Waals surface area contributed by atoms with Crippen LogP contribution in [-0.4, -0.2) is 24.4 Å². The van der Waals surface area contributed by atoms with Crippen molar-refractivity contribution in [3.63, 3.8) is 0 Å². The van der Waals surface area contributed by atoms with Crippen LogP contribution in [0.15, 0.2) is 6.07 Å². The number of halogens is 7. The molecule has 0 atom stereocenters. The van der Waals surface area contributed by atoms with Gasteiger partial charge < -0.3 is 9.47 Å². The molecule has 0 amide bonds. The Morgan fingerprint density at radius 1 is 1.29 bits per heavy atom. The number of rotatable bonds is 3. The van der Waals surface area contributed by atoms with Gasteiger partial charge in [-0.15, -0.1) is 13.2 Å². The highest BCUT2D eigenvalue weighted by Gasteiger charge is 2.38. The Morgan fingerprint density at radius 3 is 2.29 bits per heavy atom. The lowest BCUT2D eigenvalue weighted by molar-refractivity contribution is -0.276. The van der Waals surface area contributed by atoms with Crippen molar-refractivity contribution in [2.24, 2.45) is 0 Å². The normalized spacial score (nSPS) is 12.2. The van der Waals surface area contributed by atoms with Crippen molar-refractivity contribution >= 4 is 28.6 Å². The highest BCUT2D eigenvalue weighted by atomic mass is 127. The molecule has 11 heteroatoms. The third-order valence-electron chi connectivity index (χ3n) is 2.12. The molecule has 21 heavy (non-hydrogen) atoms. The van der Waals surface area contributed by atoms with Gasteiger partial charge in [-0.2, -0.15) is 13.2 Å². The van der Waals surface area contributed by atoms with E-state index in [1.54, 1.807) is 0 Å². The number of hydrogen-bond acceptors (Lipinski definition) is 4. The van der Waals surface area contributed by atoms with E-state index in [-0.39, 0.29) is 6.07 Å². The Morgan fingerprint density at radius 2 is 1.86 bits per heavy atom. The van der Waals surface area contributed by atoms with E-state index in [1.807, 2.05) is 0 Å². The number of aromatic nitrogens is 1. The Balaban J connectivity index is 3.35. The molecule has 4 nitrogen and oxygen atoms in total. The summed E-state index contributed by atoms with van der Waals surface area (Å²) in [6.07, 6.45) is -10.9. The van der Waals surface area contributed by atoms with Crippen LogP contribution in [0.3, 0.4) is 0 Å². The number of esters is 1. The summed E-state index contributed by atoms with van der Waals surface area (Å²) in [6, 6.07) is 0.0912. The summed E-state index contributed by atoms with van der Waals surface area (Å²) in [6.45, 7) is 0. The van der Waals surface area contributed by atoms with E-state index in [1.165, 1.54) is 22.6 Å². The third kappa shape index (κ3) is 5.21. The van der Waals surface area contributed by atoms with Crippen LogP contribution >= 0.6 is 22.6 Å². The second-order valence-electron chi connectivity index (χ2n) is 3.58. The summed E-state index contributed by atoms with van der Waals surface area (Å²) in [5.74, 6) is -2.24. The molecule has 0 bridgehead atoms. The summed E-state index contributed by atoms with van der Waals surface area (Å²) in [5, 5.41) is 0. The molecule has 0 unspecified atom stereocenters. The minimum atomic E-state index is -5.18. The molecule has 1 aromatic heterocycles. The van der Waals surface area contributed by atoms with E-state index >= 15 is 0 Å². The standard InChI is InChI=1S/C10H6F6INO3/c1-20-7(19)2-4-5(9(11,12)13)3-6(18-8(4)17)21-10(14,15)16/h3H,2H2,1H3. The van der Waals surface area contributed by atoms with Crippen molar-refractivity contribution in [1.29, 1.82) is 0 Å². The SMILES string of the molecule is COC(=O)Cc1c(C(F)(F)F)cc(OC(F)(F)F)nc1I. The van der Waals surface area contributed by atoms with Crippen LogP contribution in [0.1, 0.15) is 11.1 Å². The zero-order chi connectivity index (χ0) is 16.4. The van der Waals surface area contributed by atoms with Gasteiger partial charge >= 0.3 is 18.5 Å². The Labute approximate surface area is 127 Å². The molecule has 1 aromatic rings. The highest BCUT2D eigenvalue weighted by molar-refractivity contribution is 14.1. The first-order valence-electron chi connectivity index (χ1n) is 5.03. The van der Waals surface area contributed by atoms with Crippen LogP contribution in [-0.2, 0) is 22.1 Å². The molecule has 0 fully saturated rings. The van der Waals surface area contributed by atoms with E-state index in [9.17, 15) is 31.1 Å². The number of carbonyl (C=O) groups excluding carboxylic acids is 1. The topological polar surface area (TPSA) is 48.4 Å². The van der Waals surface area contributed by atoms with Gasteiger partial charge in [0.2, 0.25) is 5.88 Å². The largest absolute Gasteiger partial charge is 0.574 e. The second-order valence-corrected chi connectivity index (χ2v) is 4.60. The number of nitrogens with zero attached hydrogens (tertiary/aromatic N) is 1. The minimum absolute atomic E-state index is 0.0912. The molecule has 0 saturated carbocycles. The molecule has 0 aliphatic carbocycles. The van der Waals surface area contributed by atoms with Gasteiger partial charge in [-0.3, -0.25) is 4.79 Å². The molecule has 1 heterocycles. The zero-order valence-corrected chi connectivity index (χ0v) is 12.3. The van der Waals surface area contributed by atoms with E-state index < -0.39 is 45.6 Å². The Hall–Kier alpha value is -1.27. The van der Waals surface area contributed by atoms with Crippen molar-refractivity contribution in [3.8, 4) is 5.88 Å². The number of hydrogen-bond donors (Lipinski definition) is 0. The summed E-state index contributed by atoms with van der Waals surface area (Å²) in [4.78, 5) is 14.4. The molecule has 0 radical (unpaired) electrons. The number of pyridine rings is 1. The van der Waals surface area contributed by atoms with E-state index in [0.29, 0.717) is 0 Å². The number of ether oxygens (including phenoxy) is 2. The lowest BCUT2D eigenvalue weighted by Gasteiger charge is -2.16. The quantitative estimate of drug-likeness (QED) is 0.320. The predicted molar refractivity (Wildman–Crippen MR) is 64.4 cm³/mol. The maximum Gasteiger partial charge on any atom is 0.574 e. The smallest absolute Gasteiger partial charge is 0.469 e. The maximum atomic E-state index is 12.9. The van der Waals surface area contributed by atoms with Crippen LogP contribution in [0.5, 0.6) is 5.88 Å². The lowest BCUT2D eigenvalue weighted by Crippen LogP contribution is -2.21. The van der Waals surface area contributed by atoms with Gasteiger partial charge in [0.25, 0.3) is 0 Å². The van der Waals surface area contributed by atoms with Crippen molar-refractivity contribution < 1.29 is 40.6 Å².